The van der Waals surface area contributed by atoms with Gasteiger partial charge in [0, 0.05) is 0 Å². The molecular weight excluding hydrogens is 263 g/mol. The van der Waals surface area contributed by atoms with Crippen LogP contribution in [0.25, 0.3) is 4.91 Å². The van der Waals surface area contributed by atoms with Crippen molar-refractivity contribution in [3.05, 3.63) is 72.1 Å². The smallest absolute Gasteiger partial charge is 0.206 e. The number of halogens is 1. The van der Waals surface area contributed by atoms with E-state index < -0.39 is 15.7 Å². The van der Waals surface area contributed by atoms with Crippen LogP contribution in [0.4, 0.5) is 4.39 Å². The lowest BCUT2D eigenvalue weighted by atomic mass is 10.2. The van der Waals surface area contributed by atoms with Gasteiger partial charge in [0.15, 0.2) is 0 Å². The number of rotatable bonds is 3. The normalized spacial score (nSPS) is 11.3. The SMILES string of the molecule is C=C(c1ccc(F)cc1)S(=O)(=O)c1ccc(C)cc1. The molecule has 0 amide bonds. The van der Waals surface area contributed by atoms with E-state index in [-0.39, 0.29) is 9.80 Å². The maximum Gasteiger partial charge on any atom is 0.206 e. The highest BCUT2D eigenvalue weighted by Gasteiger charge is 2.20. The fraction of sp³-hybridized carbons (Fsp3) is 0.0667. The molecule has 98 valence electrons. The lowest BCUT2D eigenvalue weighted by Crippen LogP contribution is -2.03. The summed E-state index contributed by atoms with van der Waals surface area (Å²) in [5.74, 6) is -0.413. The lowest BCUT2D eigenvalue weighted by molar-refractivity contribution is 0.605. The van der Waals surface area contributed by atoms with Crippen LogP contribution < -0.4 is 0 Å². The molecule has 0 saturated carbocycles. The zero-order valence-electron chi connectivity index (χ0n) is 10.4. The van der Waals surface area contributed by atoms with Gasteiger partial charge in [-0.15, -0.1) is 0 Å². The van der Waals surface area contributed by atoms with Gasteiger partial charge in [0.2, 0.25) is 9.84 Å². The van der Waals surface area contributed by atoms with Crippen molar-refractivity contribution in [2.45, 2.75) is 11.8 Å². The third-order valence-corrected chi connectivity index (χ3v) is 4.60. The monoisotopic (exact) mass is 276 g/mol. The molecule has 0 aliphatic carbocycles. The molecule has 0 radical (unpaired) electrons. The topological polar surface area (TPSA) is 34.1 Å². The van der Waals surface area contributed by atoms with Crippen molar-refractivity contribution >= 4 is 14.7 Å². The number of benzene rings is 2. The van der Waals surface area contributed by atoms with E-state index in [0.717, 1.165) is 5.56 Å². The molecule has 2 rings (SSSR count). The molecule has 0 aliphatic rings. The second-order valence-corrected chi connectivity index (χ2v) is 6.22. The first-order valence-corrected chi connectivity index (χ1v) is 7.16. The summed E-state index contributed by atoms with van der Waals surface area (Å²) in [6.45, 7) is 5.49. The Morgan fingerprint density at radius 1 is 1.00 bits per heavy atom. The van der Waals surface area contributed by atoms with Crippen LogP contribution >= 0.6 is 0 Å². The molecule has 0 unspecified atom stereocenters. The minimum atomic E-state index is -3.64. The van der Waals surface area contributed by atoms with Crippen LogP contribution in [0.1, 0.15) is 11.1 Å². The second-order valence-electron chi connectivity index (χ2n) is 4.25. The summed E-state index contributed by atoms with van der Waals surface area (Å²) in [5, 5.41) is 0. The van der Waals surface area contributed by atoms with Crippen LogP contribution in [-0.4, -0.2) is 8.42 Å². The van der Waals surface area contributed by atoms with E-state index >= 15 is 0 Å². The predicted octanol–water partition coefficient (Wildman–Crippen LogP) is 3.58. The molecular formula is C15H13FO2S. The highest BCUT2D eigenvalue weighted by atomic mass is 32.2. The van der Waals surface area contributed by atoms with Crippen LogP contribution in [0, 0.1) is 12.7 Å². The van der Waals surface area contributed by atoms with Crippen LogP contribution in [-0.2, 0) is 9.84 Å². The molecule has 19 heavy (non-hydrogen) atoms. The molecule has 0 bridgehead atoms. The van der Waals surface area contributed by atoms with Crippen molar-refractivity contribution in [1.82, 2.24) is 0 Å². The van der Waals surface area contributed by atoms with E-state index in [0.29, 0.717) is 5.56 Å². The summed E-state index contributed by atoms with van der Waals surface area (Å²) in [4.78, 5) is 0.156. The minimum absolute atomic E-state index is 0.0312. The Hall–Kier alpha value is -1.94. The van der Waals surface area contributed by atoms with Crippen molar-refractivity contribution in [3.63, 3.8) is 0 Å². The Labute approximate surface area is 112 Å². The highest BCUT2D eigenvalue weighted by Crippen LogP contribution is 2.26. The van der Waals surface area contributed by atoms with E-state index in [2.05, 4.69) is 6.58 Å². The maximum absolute atomic E-state index is 12.8. The summed E-state index contributed by atoms with van der Waals surface area (Å²) in [5.41, 5.74) is 1.37. The average Bonchev–Trinajstić information content (AvgIpc) is 2.39. The van der Waals surface area contributed by atoms with Gasteiger partial charge in [-0.25, -0.2) is 12.8 Å². The van der Waals surface area contributed by atoms with E-state index in [1.165, 1.54) is 24.3 Å². The van der Waals surface area contributed by atoms with Crippen molar-refractivity contribution in [2.24, 2.45) is 0 Å². The quantitative estimate of drug-likeness (QED) is 0.858. The zero-order valence-corrected chi connectivity index (χ0v) is 11.2. The van der Waals surface area contributed by atoms with Gasteiger partial charge in [-0.3, -0.25) is 0 Å². The largest absolute Gasteiger partial charge is 0.219 e. The number of aryl methyl sites for hydroxylation is 1. The first kappa shape index (κ1) is 13.5. The lowest BCUT2D eigenvalue weighted by Gasteiger charge is -2.08. The van der Waals surface area contributed by atoms with E-state index in [1.54, 1.807) is 24.3 Å². The van der Waals surface area contributed by atoms with Crippen LogP contribution in [0.15, 0.2) is 60.0 Å². The predicted molar refractivity (Wildman–Crippen MR) is 73.8 cm³/mol. The molecule has 0 fully saturated rings. The molecule has 0 heterocycles. The molecule has 0 saturated heterocycles. The van der Waals surface area contributed by atoms with Crippen molar-refractivity contribution in [1.29, 1.82) is 0 Å². The third kappa shape index (κ3) is 2.74. The molecule has 4 heteroatoms. The van der Waals surface area contributed by atoms with Gasteiger partial charge in [0.1, 0.15) is 5.82 Å². The van der Waals surface area contributed by atoms with Gasteiger partial charge < -0.3 is 0 Å². The Bertz CT molecular complexity index is 699. The molecule has 0 spiro atoms. The summed E-state index contributed by atoms with van der Waals surface area (Å²) in [6, 6.07) is 11.8. The molecule has 2 nitrogen and oxygen atoms in total. The molecule has 0 atom stereocenters. The Kier molecular flexibility index (Phi) is 3.53. The Morgan fingerprint density at radius 2 is 1.53 bits per heavy atom. The van der Waals surface area contributed by atoms with Crippen molar-refractivity contribution in [3.8, 4) is 0 Å². The number of hydrogen-bond acceptors (Lipinski definition) is 2. The van der Waals surface area contributed by atoms with Crippen molar-refractivity contribution in [2.75, 3.05) is 0 Å². The Morgan fingerprint density at radius 3 is 2.05 bits per heavy atom. The molecule has 2 aromatic carbocycles. The summed E-state index contributed by atoms with van der Waals surface area (Å²) >= 11 is 0. The van der Waals surface area contributed by atoms with E-state index in [9.17, 15) is 12.8 Å². The van der Waals surface area contributed by atoms with Gasteiger partial charge in [0.25, 0.3) is 0 Å². The molecule has 0 N–H and O–H groups in total. The van der Waals surface area contributed by atoms with Gasteiger partial charge >= 0.3 is 0 Å². The number of sulfone groups is 1. The maximum atomic E-state index is 12.8. The van der Waals surface area contributed by atoms with Crippen LogP contribution in [0.5, 0.6) is 0 Å². The van der Waals surface area contributed by atoms with Crippen LogP contribution in [0.3, 0.4) is 0 Å². The summed E-state index contributed by atoms with van der Waals surface area (Å²) < 4.78 is 37.5. The third-order valence-electron chi connectivity index (χ3n) is 2.82. The van der Waals surface area contributed by atoms with Gasteiger partial charge in [-0.2, -0.15) is 0 Å². The van der Waals surface area contributed by atoms with Crippen LogP contribution in [0.2, 0.25) is 0 Å². The first-order chi connectivity index (χ1) is 8.91. The fourth-order valence-corrected chi connectivity index (χ4v) is 2.88. The fourth-order valence-electron chi connectivity index (χ4n) is 1.65. The molecule has 0 aliphatic heterocycles. The first-order valence-electron chi connectivity index (χ1n) is 5.68. The van der Waals surface area contributed by atoms with Gasteiger partial charge in [-0.05, 0) is 36.8 Å². The Balaban J connectivity index is 2.42. The standard InChI is InChI=1S/C15H13FO2S/c1-11-3-9-15(10-4-11)19(17,18)12(2)13-5-7-14(16)8-6-13/h3-10H,2H2,1H3. The van der Waals surface area contributed by atoms with Gasteiger partial charge in [-0.1, -0.05) is 36.4 Å². The van der Waals surface area contributed by atoms with E-state index in [1.807, 2.05) is 6.92 Å². The second kappa shape index (κ2) is 4.97. The van der Waals surface area contributed by atoms with Crippen molar-refractivity contribution < 1.29 is 12.8 Å². The highest BCUT2D eigenvalue weighted by molar-refractivity contribution is 8.00. The minimum Gasteiger partial charge on any atom is -0.219 e. The average molecular weight is 276 g/mol. The summed E-state index contributed by atoms with van der Waals surface area (Å²) in [6.07, 6.45) is 0. The summed E-state index contributed by atoms with van der Waals surface area (Å²) in [7, 11) is -3.64. The van der Waals surface area contributed by atoms with E-state index in [4.69, 9.17) is 0 Å². The molecule has 0 aromatic heterocycles. The number of hydrogen-bond donors (Lipinski definition) is 0. The van der Waals surface area contributed by atoms with Gasteiger partial charge in [0.05, 0.1) is 9.80 Å². The molecule has 2 aromatic rings. The zero-order chi connectivity index (χ0) is 14.0.